The molecule has 0 N–H and O–H groups in total. The van der Waals surface area contributed by atoms with Crippen molar-refractivity contribution < 1.29 is 16.8 Å². The van der Waals surface area contributed by atoms with Crippen LogP contribution in [0.2, 0.25) is 0 Å². The van der Waals surface area contributed by atoms with Gasteiger partial charge in [0.2, 0.25) is 20.0 Å². The molecule has 0 radical (unpaired) electrons. The third-order valence-electron chi connectivity index (χ3n) is 6.20. The van der Waals surface area contributed by atoms with Crippen LogP contribution in [-0.2, 0) is 39.9 Å². The summed E-state index contributed by atoms with van der Waals surface area (Å²) in [6.07, 6.45) is 4.14. The molecule has 30 heavy (non-hydrogen) atoms. The number of benzene rings is 1. The van der Waals surface area contributed by atoms with Crippen LogP contribution in [0.5, 0.6) is 0 Å². The number of piperazine rings is 1. The largest absolute Gasteiger partial charge is 0.271 e. The molecule has 1 aliphatic heterocycles. The van der Waals surface area contributed by atoms with Crippen molar-refractivity contribution in [2.75, 3.05) is 26.2 Å². The minimum Gasteiger partial charge on any atom is -0.271 e. The predicted molar refractivity (Wildman–Crippen MR) is 113 cm³/mol. The van der Waals surface area contributed by atoms with Gasteiger partial charge in [-0.1, -0.05) is 6.07 Å². The van der Waals surface area contributed by atoms with Crippen LogP contribution in [0.25, 0.3) is 0 Å². The van der Waals surface area contributed by atoms with E-state index in [1.807, 2.05) is 6.07 Å². The lowest BCUT2D eigenvalue weighted by molar-refractivity contribution is 0.272. The highest BCUT2D eigenvalue weighted by Gasteiger charge is 2.36. The van der Waals surface area contributed by atoms with Crippen molar-refractivity contribution in [1.29, 1.82) is 0 Å². The molecule has 4 rings (SSSR count). The van der Waals surface area contributed by atoms with Crippen LogP contribution in [0.3, 0.4) is 0 Å². The lowest BCUT2D eigenvalue weighted by Gasteiger charge is -2.33. The molecule has 2 heterocycles. The molecule has 0 amide bonds. The Morgan fingerprint density at radius 1 is 0.833 bits per heavy atom. The lowest BCUT2D eigenvalue weighted by Crippen LogP contribution is -2.50. The third-order valence-corrected chi connectivity index (χ3v) is 10.2. The van der Waals surface area contributed by atoms with Gasteiger partial charge in [-0.3, -0.25) is 4.68 Å². The molecule has 164 valence electrons. The molecule has 2 aromatic rings. The van der Waals surface area contributed by atoms with E-state index in [0.717, 1.165) is 31.2 Å². The SMILES string of the molecule is Cc1nn(C)c(C)c1S(=O)(=O)N1CCN(S(=O)(=O)c2ccc3c(c2)CCCC3)CC1. The van der Waals surface area contributed by atoms with Gasteiger partial charge >= 0.3 is 0 Å². The smallest absolute Gasteiger partial charge is 0.246 e. The highest BCUT2D eigenvalue weighted by molar-refractivity contribution is 7.89. The summed E-state index contributed by atoms with van der Waals surface area (Å²) in [5.74, 6) is 0. The first-order valence-electron chi connectivity index (χ1n) is 10.2. The number of fused-ring (bicyclic) bond motifs is 1. The molecule has 0 atom stereocenters. The fourth-order valence-electron chi connectivity index (χ4n) is 4.43. The Bertz CT molecular complexity index is 1180. The number of nitrogens with zero attached hydrogens (tertiary/aromatic N) is 4. The third kappa shape index (κ3) is 3.59. The number of aromatic nitrogens is 2. The second-order valence-corrected chi connectivity index (χ2v) is 11.9. The first-order valence-corrected chi connectivity index (χ1v) is 13.1. The first kappa shape index (κ1) is 21.5. The van der Waals surface area contributed by atoms with Gasteiger partial charge in [0.25, 0.3) is 0 Å². The Kier molecular flexibility index (Phi) is 5.54. The Balaban J connectivity index is 1.53. The molecule has 1 saturated heterocycles. The van der Waals surface area contributed by atoms with Crippen LogP contribution in [-0.4, -0.2) is 61.4 Å². The molecule has 8 nitrogen and oxygen atoms in total. The van der Waals surface area contributed by atoms with E-state index in [1.165, 1.54) is 14.2 Å². The van der Waals surface area contributed by atoms with Gasteiger partial charge in [-0.25, -0.2) is 16.8 Å². The molecule has 1 aromatic heterocycles. The maximum Gasteiger partial charge on any atom is 0.246 e. The van der Waals surface area contributed by atoms with E-state index in [-0.39, 0.29) is 31.1 Å². The van der Waals surface area contributed by atoms with E-state index in [2.05, 4.69) is 5.10 Å². The van der Waals surface area contributed by atoms with Gasteiger partial charge in [0.05, 0.1) is 16.3 Å². The zero-order valence-corrected chi connectivity index (χ0v) is 19.3. The summed E-state index contributed by atoms with van der Waals surface area (Å²) in [5.41, 5.74) is 3.39. The monoisotopic (exact) mass is 452 g/mol. The van der Waals surface area contributed by atoms with E-state index in [9.17, 15) is 16.8 Å². The fourth-order valence-corrected chi connectivity index (χ4v) is 7.72. The highest BCUT2D eigenvalue weighted by Crippen LogP contribution is 2.28. The van der Waals surface area contributed by atoms with Crippen molar-refractivity contribution in [2.24, 2.45) is 7.05 Å². The summed E-state index contributed by atoms with van der Waals surface area (Å²) < 4.78 is 56.9. The molecule has 0 saturated carbocycles. The average molecular weight is 453 g/mol. The van der Waals surface area contributed by atoms with Crippen LogP contribution in [0.4, 0.5) is 0 Å². The Morgan fingerprint density at radius 2 is 1.40 bits per heavy atom. The van der Waals surface area contributed by atoms with Crippen molar-refractivity contribution in [2.45, 2.75) is 49.3 Å². The predicted octanol–water partition coefficient (Wildman–Crippen LogP) is 1.61. The van der Waals surface area contributed by atoms with E-state index < -0.39 is 20.0 Å². The first-order chi connectivity index (χ1) is 14.1. The molecule has 1 aromatic carbocycles. The van der Waals surface area contributed by atoms with E-state index in [4.69, 9.17) is 0 Å². The molecule has 0 unspecified atom stereocenters. The van der Waals surface area contributed by atoms with Gasteiger partial charge in [-0.15, -0.1) is 0 Å². The number of hydrogen-bond donors (Lipinski definition) is 0. The van der Waals surface area contributed by atoms with Gasteiger partial charge in [0.15, 0.2) is 0 Å². The second-order valence-electron chi connectivity index (χ2n) is 8.07. The van der Waals surface area contributed by atoms with Gasteiger partial charge < -0.3 is 0 Å². The van der Waals surface area contributed by atoms with Crippen molar-refractivity contribution in [3.05, 3.63) is 40.7 Å². The summed E-state index contributed by atoms with van der Waals surface area (Å²) in [6, 6.07) is 5.41. The molecule has 0 spiro atoms. The molecule has 0 bridgehead atoms. The maximum atomic E-state index is 13.2. The quantitative estimate of drug-likeness (QED) is 0.703. The van der Waals surface area contributed by atoms with Crippen molar-refractivity contribution in [1.82, 2.24) is 18.4 Å². The Hall–Kier alpha value is -1.75. The van der Waals surface area contributed by atoms with Crippen LogP contribution in [0.1, 0.15) is 35.4 Å². The Morgan fingerprint density at radius 3 is 1.97 bits per heavy atom. The van der Waals surface area contributed by atoms with Gasteiger partial charge in [0, 0.05) is 33.2 Å². The maximum absolute atomic E-state index is 13.2. The molecular formula is C20H28N4O4S2. The van der Waals surface area contributed by atoms with Gasteiger partial charge in [-0.2, -0.15) is 13.7 Å². The van der Waals surface area contributed by atoms with E-state index >= 15 is 0 Å². The summed E-state index contributed by atoms with van der Waals surface area (Å²) in [7, 11) is -5.65. The molecule has 1 aliphatic carbocycles. The zero-order chi connectivity index (χ0) is 21.7. The summed E-state index contributed by atoms with van der Waals surface area (Å²) in [5, 5.41) is 4.21. The minimum absolute atomic E-state index is 0.125. The normalized spacial score (nSPS) is 19.0. The number of hydrogen-bond acceptors (Lipinski definition) is 5. The molecular weight excluding hydrogens is 424 g/mol. The van der Waals surface area contributed by atoms with Crippen molar-refractivity contribution in [3.8, 4) is 0 Å². The molecule has 2 aliphatic rings. The second kappa shape index (κ2) is 7.74. The van der Waals surface area contributed by atoms with Crippen LogP contribution in [0, 0.1) is 13.8 Å². The van der Waals surface area contributed by atoms with E-state index in [1.54, 1.807) is 37.7 Å². The van der Waals surface area contributed by atoms with Crippen LogP contribution < -0.4 is 0 Å². The van der Waals surface area contributed by atoms with Crippen molar-refractivity contribution in [3.63, 3.8) is 0 Å². The van der Waals surface area contributed by atoms with Crippen LogP contribution >= 0.6 is 0 Å². The fraction of sp³-hybridized carbons (Fsp3) is 0.550. The summed E-state index contributed by atoms with van der Waals surface area (Å²) >= 11 is 0. The van der Waals surface area contributed by atoms with Gasteiger partial charge in [-0.05, 0) is 62.8 Å². The number of sulfonamides is 2. The van der Waals surface area contributed by atoms with Crippen molar-refractivity contribution >= 4 is 20.0 Å². The lowest BCUT2D eigenvalue weighted by atomic mass is 9.92. The molecule has 1 fully saturated rings. The highest BCUT2D eigenvalue weighted by atomic mass is 32.2. The Labute approximate surface area is 178 Å². The number of rotatable bonds is 4. The van der Waals surface area contributed by atoms with E-state index in [0.29, 0.717) is 16.3 Å². The average Bonchev–Trinajstić information content (AvgIpc) is 2.99. The van der Waals surface area contributed by atoms with Gasteiger partial charge in [0.1, 0.15) is 4.90 Å². The summed E-state index contributed by atoms with van der Waals surface area (Å²) in [6.45, 7) is 3.93. The number of aryl methyl sites for hydroxylation is 4. The zero-order valence-electron chi connectivity index (χ0n) is 17.6. The topological polar surface area (TPSA) is 92.6 Å². The standard InChI is InChI=1S/C20H28N4O4S2/c1-15-20(16(2)22(3)21-15)30(27,28)24-12-10-23(11-13-24)29(25,26)19-9-8-17-6-4-5-7-18(17)14-19/h8-9,14H,4-7,10-13H2,1-3H3. The molecule has 10 heteroatoms. The van der Waals surface area contributed by atoms with Crippen LogP contribution in [0.15, 0.2) is 28.0 Å². The summed E-state index contributed by atoms with van der Waals surface area (Å²) in [4.78, 5) is 0.523. The minimum atomic E-state index is -3.72.